The van der Waals surface area contributed by atoms with Crippen LogP contribution in [-0.2, 0) is 0 Å². The van der Waals surface area contributed by atoms with Gasteiger partial charge in [0.05, 0.1) is 6.61 Å². The maximum atomic E-state index is 11.9. The second kappa shape index (κ2) is 7.37. The van der Waals surface area contributed by atoms with E-state index >= 15 is 0 Å². The van der Waals surface area contributed by atoms with Crippen LogP contribution in [0.1, 0.15) is 30.6 Å². The third-order valence-corrected chi connectivity index (χ3v) is 2.33. The Bertz CT molecular complexity index is 428. The number of allylic oxidation sites excluding steroid dienone is 1. The number of nitrogens with two attached hydrogens (primary N) is 1. The topological polar surface area (TPSA) is 64.4 Å². The fraction of sp³-hybridized carbons (Fsp3) is 0.357. The minimum Gasteiger partial charge on any atom is -0.494 e. The highest BCUT2D eigenvalue weighted by molar-refractivity contribution is 5.95. The van der Waals surface area contributed by atoms with Gasteiger partial charge in [-0.3, -0.25) is 4.79 Å². The van der Waals surface area contributed by atoms with Gasteiger partial charge in [0.25, 0.3) is 5.91 Å². The first-order chi connectivity index (χ1) is 8.67. The number of rotatable bonds is 6. The van der Waals surface area contributed by atoms with Gasteiger partial charge < -0.3 is 15.8 Å². The van der Waals surface area contributed by atoms with Gasteiger partial charge in [-0.05, 0) is 32.4 Å². The lowest BCUT2D eigenvalue weighted by Crippen LogP contribution is -2.24. The standard InChI is InChI=1S/C14H20N2O2/c1-3-5-6-7-16-14(17)11-8-12(15)10-13(9-11)18-4-2/h3,5,8-10H,4,6-7,15H2,1-2H3,(H,16,17)/b5-3+. The van der Waals surface area contributed by atoms with Crippen molar-refractivity contribution in [1.82, 2.24) is 5.32 Å². The van der Waals surface area contributed by atoms with E-state index in [1.165, 1.54) is 0 Å². The summed E-state index contributed by atoms with van der Waals surface area (Å²) in [7, 11) is 0. The molecule has 1 rings (SSSR count). The highest BCUT2D eigenvalue weighted by atomic mass is 16.5. The molecular formula is C14H20N2O2. The van der Waals surface area contributed by atoms with Gasteiger partial charge in [0.1, 0.15) is 5.75 Å². The van der Waals surface area contributed by atoms with Gasteiger partial charge >= 0.3 is 0 Å². The maximum Gasteiger partial charge on any atom is 0.251 e. The van der Waals surface area contributed by atoms with E-state index in [1.54, 1.807) is 18.2 Å². The Morgan fingerprint density at radius 1 is 1.44 bits per heavy atom. The summed E-state index contributed by atoms with van der Waals surface area (Å²) in [5.41, 5.74) is 6.79. The van der Waals surface area contributed by atoms with Gasteiger partial charge in [0.15, 0.2) is 0 Å². The molecule has 1 aromatic carbocycles. The average Bonchev–Trinajstić information content (AvgIpc) is 2.34. The highest BCUT2D eigenvalue weighted by Gasteiger charge is 2.07. The molecule has 4 heteroatoms. The predicted octanol–water partition coefficient (Wildman–Crippen LogP) is 2.36. The Hall–Kier alpha value is -1.97. The molecule has 0 aliphatic carbocycles. The first kappa shape index (κ1) is 14.1. The number of carbonyl (C=O) groups excluding carboxylic acids is 1. The van der Waals surface area contributed by atoms with Crippen molar-refractivity contribution in [2.45, 2.75) is 20.3 Å². The number of anilines is 1. The average molecular weight is 248 g/mol. The van der Waals surface area contributed by atoms with Crippen molar-refractivity contribution in [3.8, 4) is 5.75 Å². The van der Waals surface area contributed by atoms with Gasteiger partial charge in [-0.25, -0.2) is 0 Å². The monoisotopic (exact) mass is 248 g/mol. The molecule has 0 spiro atoms. The van der Waals surface area contributed by atoms with Crippen molar-refractivity contribution < 1.29 is 9.53 Å². The molecule has 0 aliphatic heterocycles. The number of ether oxygens (including phenoxy) is 1. The van der Waals surface area contributed by atoms with Gasteiger partial charge in [-0.15, -0.1) is 0 Å². The van der Waals surface area contributed by atoms with Crippen molar-refractivity contribution >= 4 is 11.6 Å². The molecule has 0 bridgehead atoms. The Morgan fingerprint density at radius 3 is 2.89 bits per heavy atom. The van der Waals surface area contributed by atoms with Gasteiger partial charge in [0.2, 0.25) is 0 Å². The largest absolute Gasteiger partial charge is 0.494 e. The fourth-order valence-electron chi connectivity index (χ4n) is 1.54. The van der Waals surface area contributed by atoms with Crippen molar-refractivity contribution in [3.05, 3.63) is 35.9 Å². The molecule has 0 unspecified atom stereocenters. The van der Waals surface area contributed by atoms with E-state index in [1.807, 2.05) is 26.0 Å². The summed E-state index contributed by atoms with van der Waals surface area (Å²) in [4.78, 5) is 11.9. The van der Waals surface area contributed by atoms with Crippen LogP contribution in [0.4, 0.5) is 5.69 Å². The summed E-state index contributed by atoms with van der Waals surface area (Å²) in [6.45, 7) is 5.00. The Morgan fingerprint density at radius 2 is 2.22 bits per heavy atom. The van der Waals surface area contributed by atoms with Crippen LogP contribution < -0.4 is 15.8 Å². The lowest BCUT2D eigenvalue weighted by molar-refractivity contribution is 0.0954. The minimum absolute atomic E-state index is 0.132. The zero-order valence-corrected chi connectivity index (χ0v) is 10.9. The second-order valence-corrected chi connectivity index (χ2v) is 3.84. The maximum absolute atomic E-state index is 11.9. The van der Waals surface area contributed by atoms with Crippen LogP contribution in [0.15, 0.2) is 30.4 Å². The van der Waals surface area contributed by atoms with E-state index in [0.29, 0.717) is 30.2 Å². The third kappa shape index (κ3) is 4.49. The Balaban J connectivity index is 2.66. The Kier molecular flexibility index (Phi) is 5.77. The van der Waals surface area contributed by atoms with Gasteiger partial charge in [-0.1, -0.05) is 12.2 Å². The molecule has 0 aliphatic rings. The lowest BCUT2D eigenvalue weighted by Gasteiger charge is -2.08. The van der Waals surface area contributed by atoms with Gasteiger partial charge in [-0.2, -0.15) is 0 Å². The van der Waals surface area contributed by atoms with E-state index in [0.717, 1.165) is 6.42 Å². The molecule has 18 heavy (non-hydrogen) atoms. The first-order valence-corrected chi connectivity index (χ1v) is 6.10. The molecule has 0 fully saturated rings. The van der Waals surface area contributed by atoms with Crippen LogP contribution in [0.25, 0.3) is 0 Å². The van der Waals surface area contributed by atoms with Crippen molar-refractivity contribution in [2.75, 3.05) is 18.9 Å². The van der Waals surface area contributed by atoms with E-state index in [2.05, 4.69) is 5.32 Å². The number of benzene rings is 1. The molecule has 0 saturated heterocycles. The molecule has 3 N–H and O–H groups in total. The fourth-order valence-corrected chi connectivity index (χ4v) is 1.54. The molecule has 98 valence electrons. The molecule has 1 amide bonds. The molecular weight excluding hydrogens is 228 g/mol. The third-order valence-electron chi connectivity index (χ3n) is 2.33. The van der Waals surface area contributed by atoms with Crippen LogP contribution in [0, 0.1) is 0 Å². The van der Waals surface area contributed by atoms with Crippen molar-refractivity contribution in [2.24, 2.45) is 0 Å². The number of nitrogen functional groups attached to an aromatic ring is 1. The smallest absolute Gasteiger partial charge is 0.251 e. The second-order valence-electron chi connectivity index (χ2n) is 3.84. The quantitative estimate of drug-likeness (QED) is 0.461. The summed E-state index contributed by atoms with van der Waals surface area (Å²) in [6.07, 6.45) is 4.79. The Labute approximate surface area is 108 Å². The normalized spacial score (nSPS) is 10.6. The summed E-state index contributed by atoms with van der Waals surface area (Å²) < 4.78 is 5.35. The number of carbonyl (C=O) groups is 1. The summed E-state index contributed by atoms with van der Waals surface area (Å²) in [5.74, 6) is 0.490. The van der Waals surface area contributed by atoms with E-state index in [-0.39, 0.29) is 5.91 Å². The molecule has 4 nitrogen and oxygen atoms in total. The molecule has 0 saturated carbocycles. The van der Waals surface area contributed by atoms with E-state index in [9.17, 15) is 4.79 Å². The van der Waals surface area contributed by atoms with Crippen molar-refractivity contribution in [3.63, 3.8) is 0 Å². The van der Waals surface area contributed by atoms with E-state index < -0.39 is 0 Å². The zero-order valence-electron chi connectivity index (χ0n) is 10.9. The number of amides is 1. The van der Waals surface area contributed by atoms with Crippen LogP contribution in [0.2, 0.25) is 0 Å². The predicted molar refractivity (Wildman–Crippen MR) is 73.8 cm³/mol. The molecule has 0 aromatic heterocycles. The van der Waals surface area contributed by atoms with Crippen molar-refractivity contribution in [1.29, 1.82) is 0 Å². The summed E-state index contributed by atoms with van der Waals surface area (Å²) in [5, 5.41) is 2.83. The van der Waals surface area contributed by atoms with Crippen LogP contribution in [0.5, 0.6) is 5.75 Å². The van der Waals surface area contributed by atoms with Gasteiger partial charge in [0, 0.05) is 23.9 Å². The summed E-state index contributed by atoms with van der Waals surface area (Å²) in [6, 6.07) is 5.05. The number of hydrogen-bond donors (Lipinski definition) is 2. The molecule has 0 radical (unpaired) electrons. The SMILES string of the molecule is C/C=C/CCNC(=O)c1cc(N)cc(OCC)c1. The van der Waals surface area contributed by atoms with E-state index in [4.69, 9.17) is 10.5 Å². The minimum atomic E-state index is -0.132. The van der Waals surface area contributed by atoms with Crippen LogP contribution in [0.3, 0.4) is 0 Å². The lowest BCUT2D eigenvalue weighted by atomic mass is 10.1. The first-order valence-electron chi connectivity index (χ1n) is 6.10. The number of hydrogen-bond acceptors (Lipinski definition) is 3. The van der Waals surface area contributed by atoms with Crippen LogP contribution in [-0.4, -0.2) is 19.1 Å². The molecule has 0 atom stereocenters. The summed E-state index contributed by atoms with van der Waals surface area (Å²) >= 11 is 0. The number of nitrogens with one attached hydrogen (secondary N) is 1. The zero-order chi connectivity index (χ0) is 13.4. The molecule has 0 heterocycles. The molecule has 1 aromatic rings. The van der Waals surface area contributed by atoms with Crippen LogP contribution >= 0.6 is 0 Å². The highest BCUT2D eigenvalue weighted by Crippen LogP contribution is 2.18.